The Hall–Kier alpha value is -1.81. The third kappa shape index (κ3) is 2.68. The maximum absolute atomic E-state index is 5.97. The van der Waals surface area contributed by atoms with Crippen molar-refractivity contribution < 1.29 is 4.74 Å². The van der Waals surface area contributed by atoms with Crippen LogP contribution in [0.2, 0.25) is 0 Å². The lowest BCUT2D eigenvalue weighted by atomic mass is 9.94. The number of nitrogen functional groups attached to an aromatic ring is 1. The minimum atomic E-state index is -0.0813. The molecule has 2 N–H and O–H groups in total. The maximum Gasteiger partial charge on any atom is 0.0825 e. The highest BCUT2D eigenvalue weighted by atomic mass is 16.5. The number of nitrogens with zero attached hydrogens (tertiary/aromatic N) is 2. The summed E-state index contributed by atoms with van der Waals surface area (Å²) in [5.74, 6) is 0. The van der Waals surface area contributed by atoms with Crippen molar-refractivity contribution in [3.63, 3.8) is 0 Å². The minimum Gasteiger partial charge on any atom is -0.399 e. The van der Waals surface area contributed by atoms with E-state index in [4.69, 9.17) is 10.5 Å². The summed E-state index contributed by atoms with van der Waals surface area (Å²) in [5.41, 5.74) is 9.92. The lowest BCUT2D eigenvalue weighted by Gasteiger charge is -2.41. The van der Waals surface area contributed by atoms with Gasteiger partial charge in [0.15, 0.2) is 0 Å². The molecule has 4 nitrogen and oxygen atoms in total. The topological polar surface area (TPSA) is 51.4 Å². The van der Waals surface area contributed by atoms with Crippen molar-refractivity contribution in [1.29, 1.82) is 0 Å². The average molecular weight is 285 g/mol. The molecule has 1 aliphatic rings. The fourth-order valence-corrected chi connectivity index (χ4v) is 3.19. The number of piperidine rings is 1. The molecule has 1 saturated heterocycles. The van der Waals surface area contributed by atoms with Crippen LogP contribution in [-0.2, 0) is 4.74 Å². The molecule has 0 radical (unpaired) electrons. The van der Waals surface area contributed by atoms with Gasteiger partial charge in [0.05, 0.1) is 11.1 Å². The number of aryl methyl sites for hydroxylation is 1. The Morgan fingerprint density at radius 1 is 1.33 bits per heavy atom. The van der Waals surface area contributed by atoms with Crippen LogP contribution < -0.4 is 10.6 Å². The van der Waals surface area contributed by atoms with Gasteiger partial charge in [0.1, 0.15) is 0 Å². The van der Waals surface area contributed by atoms with Gasteiger partial charge in [-0.3, -0.25) is 4.98 Å². The molecule has 0 spiro atoms. The van der Waals surface area contributed by atoms with Crippen molar-refractivity contribution in [3.05, 3.63) is 30.0 Å². The molecule has 2 aromatic rings. The zero-order chi connectivity index (χ0) is 15.0. The van der Waals surface area contributed by atoms with Crippen LogP contribution in [-0.4, -0.2) is 30.8 Å². The summed E-state index contributed by atoms with van der Waals surface area (Å²) in [5, 5.41) is 1.13. The first-order valence-corrected chi connectivity index (χ1v) is 7.48. The first-order valence-electron chi connectivity index (χ1n) is 7.48. The molecule has 0 amide bonds. The number of benzene rings is 1. The SMILES string of the molecule is COC1(C)CCCN(c2cc(C)nc3ccc(N)cc23)C1. The summed E-state index contributed by atoms with van der Waals surface area (Å²) >= 11 is 0. The molecule has 0 saturated carbocycles. The smallest absolute Gasteiger partial charge is 0.0825 e. The molecule has 1 aliphatic heterocycles. The normalized spacial score (nSPS) is 22.7. The Labute approximate surface area is 125 Å². The van der Waals surface area contributed by atoms with Gasteiger partial charge in [0, 0.05) is 42.7 Å². The van der Waals surface area contributed by atoms with Gasteiger partial charge in [-0.15, -0.1) is 0 Å². The predicted molar refractivity (Wildman–Crippen MR) is 87.8 cm³/mol. The van der Waals surface area contributed by atoms with E-state index in [0.29, 0.717) is 0 Å². The standard InChI is InChI=1S/C17H23N3O/c1-12-9-16(14-10-13(18)5-6-15(14)19-12)20-8-4-7-17(2,11-20)21-3/h5-6,9-10H,4,7-8,11,18H2,1-3H3. The fourth-order valence-electron chi connectivity index (χ4n) is 3.19. The highest BCUT2D eigenvalue weighted by Gasteiger charge is 2.31. The summed E-state index contributed by atoms with van der Waals surface area (Å²) in [4.78, 5) is 7.02. The molecule has 1 atom stereocenters. The number of nitrogens with two attached hydrogens (primary N) is 1. The van der Waals surface area contributed by atoms with Gasteiger partial charge < -0.3 is 15.4 Å². The van der Waals surface area contributed by atoms with Crippen molar-refractivity contribution >= 4 is 22.3 Å². The van der Waals surface area contributed by atoms with Crippen molar-refractivity contribution in [2.45, 2.75) is 32.3 Å². The monoisotopic (exact) mass is 285 g/mol. The first-order chi connectivity index (χ1) is 10.0. The van der Waals surface area contributed by atoms with Crippen LogP contribution in [0.3, 0.4) is 0 Å². The molecule has 112 valence electrons. The van der Waals surface area contributed by atoms with Crippen LogP contribution in [0.4, 0.5) is 11.4 Å². The number of pyridine rings is 1. The molecule has 4 heteroatoms. The summed E-state index contributed by atoms with van der Waals surface area (Å²) in [7, 11) is 1.80. The lowest BCUT2D eigenvalue weighted by molar-refractivity contribution is -0.00460. The van der Waals surface area contributed by atoms with E-state index in [9.17, 15) is 0 Å². The van der Waals surface area contributed by atoms with E-state index in [1.54, 1.807) is 7.11 Å². The lowest BCUT2D eigenvalue weighted by Crippen LogP contribution is -2.47. The van der Waals surface area contributed by atoms with Crippen LogP contribution in [0.25, 0.3) is 10.9 Å². The molecule has 21 heavy (non-hydrogen) atoms. The van der Waals surface area contributed by atoms with Gasteiger partial charge in [0.2, 0.25) is 0 Å². The highest BCUT2D eigenvalue weighted by Crippen LogP contribution is 2.33. The quantitative estimate of drug-likeness (QED) is 0.861. The predicted octanol–water partition coefficient (Wildman–Crippen LogP) is 3.13. The number of ether oxygens (including phenoxy) is 1. The van der Waals surface area contributed by atoms with Crippen LogP contribution in [0.5, 0.6) is 0 Å². The van der Waals surface area contributed by atoms with E-state index in [-0.39, 0.29) is 5.60 Å². The summed E-state index contributed by atoms with van der Waals surface area (Å²) in [6.07, 6.45) is 2.24. The van der Waals surface area contributed by atoms with Gasteiger partial charge >= 0.3 is 0 Å². The number of hydrogen-bond donors (Lipinski definition) is 1. The molecule has 0 bridgehead atoms. The second-order valence-electron chi connectivity index (χ2n) is 6.24. The van der Waals surface area contributed by atoms with E-state index >= 15 is 0 Å². The van der Waals surface area contributed by atoms with E-state index in [1.165, 1.54) is 5.69 Å². The summed E-state index contributed by atoms with van der Waals surface area (Å²) in [6, 6.07) is 8.09. The fraction of sp³-hybridized carbons (Fsp3) is 0.471. The molecular formula is C17H23N3O. The molecule has 2 heterocycles. The second kappa shape index (κ2) is 5.19. The molecule has 1 unspecified atom stereocenters. The van der Waals surface area contributed by atoms with Gasteiger partial charge in [-0.1, -0.05) is 0 Å². The Kier molecular flexibility index (Phi) is 3.49. The van der Waals surface area contributed by atoms with Crippen molar-refractivity contribution in [1.82, 2.24) is 4.98 Å². The van der Waals surface area contributed by atoms with Crippen LogP contribution >= 0.6 is 0 Å². The van der Waals surface area contributed by atoms with Gasteiger partial charge in [-0.25, -0.2) is 0 Å². The maximum atomic E-state index is 5.97. The number of methoxy groups -OCH3 is 1. The number of hydrogen-bond acceptors (Lipinski definition) is 4. The summed E-state index contributed by atoms with van der Waals surface area (Å²) in [6.45, 7) is 6.17. The first kappa shape index (κ1) is 14.1. The Bertz CT molecular complexity index is 670. The van der Waals surface area contributed by atoms with E-state index in [2.05, 4.69) is 22.9 Å². The number of anilines is 2. The second-order valence-corrected chi connectivity index (χ2v) is 6.24. The largest absolute Gasteiger partial charge is 0.399 e. The van der Waals surface area contributed by atoms with Gasteiger partial charge in [-0.05, 0) is 51.0 Å². The molecule has 0 aliphatic carbocycles. The molecule has 1 aromatic carbocycles. The Balaban J connectivity index is 2.08. The van der Waals surface area contributed by atoms with Gasteiger partial charge in [-0.2, -0.15) is 0 Å². The third-order valence-electron chi connectivity index (χ3n) is 4.43. The number of aromatic nitrogens is 1. The molecule has 1 fully saturated rings. The van der Waals surface area contributed by atoms with Crippen LogP contribution in [0.1, 0.15) is 25.5 Å². The zero-order valence-electron chi connectivity index (χ0n) is 13.0. The highest BCUT2D eigenvalue weighted by molar-refractivity contribution is 5.94. The van der Waals surface area contributed by atoms with Crippen LogP contribution in [0, 0.1) is 6.92 Å². The third-order valence-corrected chi connectivity index (χ3v) is 4.43. The van der Waals surface area contributed by atoms with Crippen molar-refractivity contribution in [3.8, 4) is 0 Å². The average Bonchev–Trinajstić information content (AvgIpc) is 2.47. The number of fused-ring (bicyclic) bond motifs is 1. The van der Waals surface area contributed by atoms with Crippen molar-refractivity contribution in [2.24, 2.45) is 0 Å². The molecule has 3 rings (SSSR count). The summed E-state index contributed by atoms with van der Waals surface area (Å²) < 4.78 is 5.71. The molecular weight excluding hydrogens is 262 g/mol. The van der Waals surface area contributed by atoms with E-state index in [1.807, 2.05) is 25.1 Å². The van der Waals surface area contributed by atoms with Gasteiger partial charge in [0.25, 0.3) is 0 Å². The zero-order valence-corrected chi connectivity index (χ0v) is 13.0. The molecule has 1 aromatic heterocycles. The Morgan fingerprint density at radius 3 is 2.90 bits per heavy atom. The Morgan fingerprint density at radius 2 is 2.14 bits per heavy atom. The van der Waals surface area contributed by atoms with E-state index in [0.717, 1.165) is 48.2 Å². The van der Waals surface area contributed by atoms with Crippen LogP contribution in [0.15, 0.2) is 24.3 Å². The van der Waals surface area contributed by atoms with E-state index < -0.39 is 0 Å². The minimum absolute atomic E-state index is 0.0813. The number of rotatable bonds is 2. The van der Waals surface area contributed by atoms with Crippen molar-refractivity contribution in [2.75, 3.05) is 30.8 Å².